The van der Waals surface area contributed by atoms with Gasteiger partial charge in [0.25, 0.3) is 0 Å². The summed E-state index contributed by atoms with van der Waals surface area (Å²) in [6.07, 6.45) is 2.22. The number of benzene rings is 2. The summed E-state index contributed by atoms with van der Waals surface area (Å²) in [5, 5.41) is 2.83. The number of carbonyl (C=O) groups excluding carboxylic acids is 1. The molecular weight excluding hydrogens is 293 g/mol. The molecule has 1 fully saturated rings. The Hall–Kier alpha value is -2.69. The minimum Gasteiger partial charge on any atom is -0.324 e. The fraction of sp³-hybridized carbons (Fsp3) is 0.222. The smallest absolute Gasteiger partial charge is 0.237 e. The Morgan fingerprint density at radius 1 is 1.13 bits per heavy atom. The van der Waals surface area contributed by atoms with E-state index in [9.17, 15) is 9.18 Å². The van der Waals surface area contributed by atoms with Crippen LogP contribution in [0.25, 0.3) is 11.0 Å². The van der Waals surface area contributed by atoms with Crippen molar-refractivity contribution in [1.29, 1.82) is 0 Å². The number of para-hydroxylation sites is 2. The van der Waals surface area contributed by atoms with Gasteiger partial charge in [-0.25, -0.2) is 9.37 Å². The molecule has 3 aromatic rings. The number of aromatic nitrogens is 2. The molecular formula is C18H16FN3O. The molecule has 2 aromatic carbocycles. The third-order valence-corrected chi connectivity index (χ3v) is 4.65. The largest absolute Gasteiger partial charge is 0.324 e. The molecule has 5 heteroatoms. The second-order valence-corrected chi connectivity index (χ2v) is 5.97. The molecule has 0 saturated heterocycles. The van der Waals surface area contributed by atoms with Crippen LogP contribution in [0.1, 0.15) is 24.8 Å². The second kappa shape index (κ2) is 5.19. The molecule has 1 aromatic heterocycles. The fourth-order valence-corrected chi connectivity index (χ4v) is 3.24. The number of amides is 1. The summed E-state index contributed by atoms with van der Waals surface area (Å²) < 4.78 is 14.2. The van der Waals surface area contributed by atoms with E-state index in [1.54, 1.807) is 18.2 Å². The van der Waals surface area contributed by atoms with E-state index in [4.69, 9.17) is 0 Å². The van der Waals surface area contributed by atoms with Crippen LogP contribution >= 0.6 is 0 Å². The Morgan fingerprint density at radius 2 is 1.87 bits per heavy atom. The van der Waals surface area contributed by atoms with Gasteiger partial charge < -0.3 is 4.98 Å². The third kappa shape index (κ3) is 2.20. The predicted octanol–water partition coefficient (Wildman–Crippen LogP) is 3.76. The van der Waals surface area contributed by atoms with E-state index in [2.05, 4.69) is 15.3 Å². The SMILES string of the molecule is O=C(Nc1nc2ccccc2[nH]1)C1(c2ccccc2F)CCC1. The van der Waals surface area contributed by atoms with Gasteiger partial charge in [0.05, 0.1) is 16.4 Å². The Morgan fingerprint density at radius 3 is 2.57 bits per heavy atom. The van der Waals surface area contributed by atoms with Crippen molar-refractivity contribution >= 4 is 22.9 Å². The number of halogens is 1. The average molecular weight is 309 g/mol. The number of hydrogen-bond acceptors (Lipinski definition) is 2. The number of nitrogens with one attached hydrogen (secondary N) is 2. The Kier molecular flexibility index (Phi) is 3.15. The first-order valence-corrected chi connectivity index (χ1v) is 7.70. The number of anilines is 1. The van der Waals surface area contributed by atoms with Crippen molar-refractivity contribution in [3.05, 3.63) is 59.9 Å². The van der Waals surface area contributed by atoms with E-state index in [1.807, 2.05) is 24.3 Å². The van der Waals surface area contributed by atoms with E-state index >= 15 is 0 Å². The second-order valence-electron chi connectivity index (χ2n) is 5.97. The van der Waals surface area contributed by atoms with Crippen LogP contribution < -0.4 is 5.32 Å². The van der Waals surface area contributed by atoms with Crippen LogP contribution in [0, 0.1) is 5.82 Å². The molecule has 4 rings (SSSR count). The van der Waals surface area contributed by atoms with Crippen molar-refractivity contribution in [3.63, 3.8) is 0 Å². The van der Waals surface area contributed by atoms with E-state index in [0.29, 0.717) is 24.4 Å². The molecule has 4 nitrogen and oxygen atoms in total. The topological polar surface area (TPSA) is 57.8 Å². The Labute approximate surface area is 132 Å². The van der Waals surface area contributed by atoms with Gasteiger partial charge in [-0.05, 0) is 31.0 Å². The van der Waals surface area contributed by atoms with Crippen LogP contribution in [-0.2, 0) is 10.2 Å². The number of aromatic amines is 1. The Balaban J connectivity index is 1.66. The van der Waals surface area contributed by atoms with Gasteiger partial charge in [-0.2, -0.15) is 0 Å². The van der Waals surface area contributed by atoms with Gasteiger partial charge >= 0.3 is 0 Å². The van der Waals surface area contributed by atoms with Crippen molar-refractivity contribution in [2.24, 2.45) is 0 Å². The first-order valence-electron chi connectivity index (χ1n) is 7.70. The normalized spacial score (nSPS) is 16.0. The van der Waals surface area contributed by atoms with Crippen LogP contribution in [0.3, 0.4) is 0 Å². The molecule has 116 valence electrons. The van der Waals surface area contributed by atoms with Crippen molar-refractivity contribution in [2.45, 2.75) is 24.7 Å². The molecule has 0 unspecified atom stereocenters. The van der Waals surface area contributed by atoms with Crippen molar-refractivity contribution < 1.29 is 9.18 Å². The number of hydrogen-bond donors (Lipinski definition) is 2. The number of nitrogens with zero attached hydrogens (tertiary/aromatic N) is 1. The lowest BCUT2D eigenvalue weighted by Crippen LogP contribution is -2.46. The zero-order chi connectivity index (χ0) is 15.9. The number of fused-ring (bicyclic) bond motifs is 1. The highest BCUT2D eigenvalue weighted by Gasteiger charge is 2.47. The standard InChI is InChI=1S/C18H16FN3O/c19-13-7-2-1-6-12(13)18(10-5-11-18)16(23)22-17-20-14-8-3-4-9-15(14)21-17/h1-4,6-9H,5,10-11H2,(H2,20,21,22,23). The molecule has 0 bridgehead atoms. The lowest BCUT2D eigenvalue weighted by molar-refractivity contribution is -0.124. The molecule has 0 aliphatic heterocycles. The first-order chi connectivity index (χ1) is 11.2. The highest BCUT2D eigenvalue weighted by molar-refractivity contribution is 5.99. The van der Waals surface area contributed by atoms with Gasteiger partial charge in [0.15, 0.2) is 0 Å². The van der Waals surface area contributed by atoms with Crippen molar-refractivity contribution in [2.75, 3.05) is 5.32 Å². The lowest BCUT2D eigenvalue weighted by Gasteiger charge is -2.40. The highest BCUT2D eigenvalue weighted by Crippen LogP contribution is 2.45. The van der Waals surface area contributed by atoms with Gasteiger partial charge in [-0.3, -0.25) is 10.1 Å². The predicted molar refractivity (Wildman–Crippen MR) is 86.7 cm³/mol. The van der Waals surface area contributed by atoms with E-state index < -0.39 is 5.41 Å². The van der Waals surface area contributed by atoms with Gasteiger partial charge in [0, 0.05) is 5.56 Å². The summed E-state index contributed by atoms with van der Waals surface area (Å²) in [6, 6.07) is 14.1. The molecule has 1 heterocycles. The van der Waals surface area contributed by atoms with Crippen LogP contribution in [0.5, 0.6) is 0 Å². The quantitative estimate of drug-likeness (QED) is 0.774. The zero-order valence-electron chi connectivity index (χ0n) is 12.5. The zero-order valence-corrected chi connectivity index (χ0v) is 12.5. The molecule has 1 saturated carbocycles. The maximum atomic E-state index is 14.2. The molecule has 0 spiro atoms. The van der Waals surface area contributed by atoms with Gasteiger partial charge in [-0.1, -0.05) is 36.8 Å². The number of carbonyl (C=O) groups is 1. The van der Waals surface area contributed by atoms with E-state index in [-0.39, 0.29) is 11.7 Å². The summed E-state index contributed by atoms with van der Waals surface area (Å²) >= 11 is 0. The van der Waals surface area contributed by atoms with E-state index in [0.717, 1.165) is 17.5 Å². The molecule has 1 amide bonds. The van der Waals surface area contributed by atoms with Gasteiger partial charge in [0.2, 0.25) is 11.9 Å². The molecule has 0 radical (unpaired) electrons. The Bertz CT molecular complexity index is 850. The monoisotopic (exact) mass is 309 g/mol. The minimum absolute atomic E-state index is 0.201. The summed E-state index contributed by atoms with van der Waals surface area (Å²) in [4.78, 5) is 20.2. The van der Waals surface area contributed by atoms with Gasteiger partial charge in [0.1, 0.15) is 5.82 Å². The van der Waals surface area contributed by atoms with Gasteiger partial charge in [-0.15, -0.1) is 0 Å². The average Bonchev–Trinajstić information content (AvgIpc) is 2.90. The van der Waals surface area contributed by atoms with Crippen LogP contribution in [0.2, 0.25) is 0 Å². The van der Waals surface area contributed by atoms with E-state index in [1.165, 1.54) is 6.07 Å². The summed E-state index contributed by atoms with van der Waals surface area (Å²) in [5.74, 6) is -0.126. The summed E-state index contributed by atoms with van der Waals surface area (Å²) in [5.41, 5.74) is 1.33. The van der Waals surface area contributed by atoms with Crippen LogP contribution in [0.15, 0.2) is 48.5 Å². The lowest BCUT2D eigenvalue weighted by atomic mass is 9.63. The highest BCUT2D eigenvalue weighted by atomic mass is 19.1. The van der Waals surface area contributed by atoms with Crippen LogP contribution in [0.4, 0.5) is 10.3 Å². The maximum Gasteiger partial charge on any atom is 0.237 e. The van der Waals surface area contributed by atoms with Crippen molar-refractivity contribution in [1.82, 2.24) is 9.97 Å². The number of rotatable bonds is 3. The molecule has 1 aliphatic carbocycles. The first kappa shape index (κ1) is 13.9. The molecule has 0 atom stereocenters. The molecule has 2 N–H and O–H groups in total. The van der Waals surface area contributed by atoms with Crippen LogP contribution in [-0.4, -0.2) is 15.9 Å². The van der Waals surface area contributed by atoms with Crippen molar-refractivity contribution in [3.8, 4) is 0 Å². The summed E-state index contributed by atoms with van der Waals surface area (Å²) in [6.45, 7) is 0. The molecule has 1 aliphatic rings. The fourth-order valence-electron chi connectivity index (χ4n) is 3.24. The summed E-state index contributed by atoms with van der Waals surface area (Å²) in [7, 11) is 0. The number of imidazole rings is 1. The number of H-pyrrole nitrogens is 1. The minimum atomic E-state index is -0.787. The molecule has 23 heavy (non-hydrogen) atoms. The third-order valence-electron chi connectivity index (χ3n) is 4.65. The maximum absolute atomic E-state index is 14.2.